The van der Waals surface area contributed by atoms with Gasteiger partial charge in [0.25, 0.3) is 7.82 Å². The van der Waals surface area contributed by atoms with Crippen LogP contribution in [0.3, 0.4) is 0 Å². The van der Waals surface area contributed by atoms with Crippen LogP contribution in [0.25, 0.3) is 0 Å². The van der Waals surface area contributed by atoms with Crippen LogP contribution >= 0.6 is 7.82 Å². The number of carbonyl (C=O) groups is 1. The van der Waals surface area contributed by atoms with Crippen LogP contribution in [-0.4, -0.2) is 68.5 Å². The van der Waals surface area contributed by atoms with Gasteiger partial charge >= 0.3 is 0 Å². The fourth-order valence-electron chi connectivity index (χ4n) is 6.93. The van der Waals surface area contributed by atoms with Crippen molar-refractivity contribution in [2.75, 3.05) is 40.9 Å². The zero-order valence-corrected chi connectivity index (χ0v) is 39.6. The topological polar surface area (TPSA) is 108 Å². The molecule has 0 aromatic rings. The third-order valence-electron chi connectivity index (χ3n) is 10.8. The lowest BCUT2D eigenvalue weighted by molar-refractivity contribution is -0.870. The molecule has 0 aliphatic rings. The summed E-state index contributed by atoms with van der Waals surface area (Å²) in [5.74, 6) is -0.209. The largest absolute Gasteiger partial charge is 0.756 e. The first kappa shape index (κ1) is 56.7. The standard InChI is InChI=1S/C49H95N2O6P/c1-6-8-10-12-14-16-18-20-22-23-24-25-26-27-29-31-33-35-37-39-41-43-49(53)50-47(46-57-58(54,55)56-45-44-51(3,4)5)48(52)42-40-38-36-34-32-30-28-21-19-17-15-13-11-9-7-2/h23-24,32,34,40,42,47-48,52H,6-22,25-31,33,35-39,41,43-46H2,1-5H3,(H-,50,53,54,55)/b24-23-,34-32+,42-40+. The molecule has 9 heteroatoms. The Morgan fingerprint density at radius 1 is 0.586 bits per heavy atom. The van der Waals surface area contributed by atoms with E-state index in [1.807, 2.05) is 27.2 Å². The van der Waals surface area contributed by atoms with E-state index in [0.29, 0.717) is 17.4 Å². The Balaban J connectivity index is 4.36. The third-order valence-corrected chi connectivity index (χ3v) is 11.8. The van der Waals surface area contributed by atoms with Crippen molar-refractivity contribution in [3.05, 3.63) is 36.5 Å². The summed E-state index contributed by atoms with van der Waals surface area (Å²) in [6.07, 6.45) is 50.5. The summed E-state index contributed by atoms with van der Waals surface area (Å²) < 4.78 is 23.2. The predicted octanol–water partition coefficient (Wildman–Crippen LogP) is 13.2. The molecule has 0 heterocycles. The van der Waals surface area contributed by atoms with Gasteiger partial charge in [0.2, 0.25) is 5.91 Å². The fourth-order valence-corrected chi connectivity index (χ4v) is 7.65. The Morgan fingerprint density at radius 2 is 0.966 bits per heavy atom. The second-order valence-electron chi connectivity index (χ2n) is 17.8. The molecule has 0 radical (unpaired) electrons. The number of aliphatic hydroxyl groups is 1. The van der Waals surface area contributed by atoms with Gasteiger partial charge in [-0.25, -0.2) is 0 Å². The molecule has 0 aliphatic heterocycles. The van der Waals surface area contributed by atoms with Crippen molar-refractivity contribution >= 4 is 13.7 Å². The second kappa shape index (κ2) is 41.1. The molecular weight excluding hydrogens is 744 g/mol. The molecule has 0 bridgehead atoms. The van der Waals surface area contributed by atoms with E-state index in [1.54, 1.807) is 6.08 Å². The van der Waals surface area contributed by atoms with Crippen LogP contribution in [0.4, 0.5) is 0 Å². The number of aliphatic hydroxyl groups excluding tert-OH is 1. The zero-order valence-electron chi connectivity index (χ0n) is 38.8. The van der Waals surface area contributed by atoms with Crippen LogP contribution < -0.4 is 10.2 Å². The van der Waals surface area contributed by atoms with E-state index in [-0.39, 0.29) is 12.5 Å². The van der Waals surface area contributed by atoms with Gasteiger partial charge in [-0.15, -0.1) is 0 Å². The van der Waals surface area contributed by atoms with Gasteiger partial charge in [0.05, 0.1) is 39.9 Å². The molecule has 0 aromatic heterocycles. The summed E-state index contributed by atoms with van der Waals surface area (Å²) in [6, 6.07) is -0.902. The van der Waals surface area contributed by atoms with Gasteiger partial charge in [-0.05, 0) is 57.8 Å². The number of allylic oxidation sites excluding steroid dienone is 5. The number of phosphoric ester groups is 1. The Hall–Kier alpha value is -1.28. The molecule has 342 valence electrons. The number of nitrogens with one attached hydrogen (secondary N) is 1. The lowest BCUT2D eigenvalue weighted by atomic mass is 10.0. The van der Waals surface area contributed by atoms with E-state index < -0.39 is 26.6 Å². The summed E-state index contributed by atoms with van der Waals surface area (Å²) in [5, 5.41) is 13.8. The maximum absolute atomic E-state index is 12.9. The summed E-state index contributed by atoms with van der Waals surface area (Å²) in [7, 11) is 1.24. The number of unbranched alkanes of at least 4 members (excludes halogenated alkanes) is 27. The van der Waals surface area contributed by atoms with Gasteiger partial charge in [0.15, 0.2) is 0 Å². The number of nitrogens with zero attached hydrogens (tertiary/aromatic N) is 1. The molecule has 2 N–H and O–H groups in total. The first-order valence-electron chi connectivity index (χ1n) is 24.4. The molecule has 0 spiro atoms. The maximum atomic E-state index is 12.9. The molecule has 0 saturated carbocycles. The van der Waals surface area contributed by atoms with Crippen molar-refractivity contribution in [3.8, 4) is 0 Å². The molecule has 0 fully saturated rings. The number of hydrogen-bond acceptors (Lipinski definition) is 6. The average molecular weight is 839 g/mol. The lowest BCUT2D eigenvalue weighted by Crippen LogP contribution is -2.45. The Morgan fingerprint density at radius 3 is 1.40 bits per heavy atom. The van der Waals surface area contributed by atoms with Crippen molar-refractivity contribution in [2.24, 2.45) is 0 Å². The molecule has 0 aromatic carbocycles. The average Bonchev–Trinajstić information content (AvgIpc) is 3.17. The van der Waals surface area contributed by atoms with Crippen molar-refractivity contribution in [1.82, 2.24) is 5.32 Å². The number of likely N-dealkylation sites (N-methyl/N-ethyl adjacent to an activating group) is 1. The van der Waals surface area contributed by atoms with Crippen molar-refractivity contribution < 1.29 is 32.9 Å². The van der Waals surface area contributed by atoms with Crippen LogP contribution in [0.1, 0.15) is 219 Å². The van der Waals surface area contributed by atoms with Crippen molar-refractivity contribution in [3.63, 3.8) is 0 Å². The maximum Gasteiger partial charge on any atom is 0.268 e. The number of hydrogen-bond donors (Lipinski definition) is 2. The summed E-state index contributed by atoms with van der Waals surface area (Å²) in [6.45, 7) is 4.63. The van der Waals surface area contributed by atoms with E-state index >= 15 is 0 Å². The van der Waals surface area contributed by atoms with Crippen LogP contribution in [0.2, 0.25) is 0 Å². The molecule has 0 saturated heterocycles. The van der Waals surface area contributed by atoms with E-state index in [2.05, 4.69) is 43.5 Å². The Kier molecular flexibility index (Phi) is 40.2. The van der Waals surface area contributed by atoms with E-state index in [0.717, 1.165) is 38.5 Å². The van der Waals surface area contributed by atoms with Crippen molar-refractivity contribution in [1.29, 1.82) is 0 Å². The van der Waals surface area contributed by atoms with Crippen LogP contribution in [0, 0.1) is 0 Å². The van der Waals surface area contributed by atoms with Crippen molar-refractivity contribution in [2.45, 2.75) is 231 Å². The van der Waals surface area contributed by atoms with Crippen LogP contribution in [0.15, 0.2) is 36.5 Å². The molecular formula is C49H95N2O6P. The number of quaternary nitrogens is 1. The number of rotatable bonds is 44. The smallest absolute Gasteiger partial charge is 0.268 e. The van der Waals surface area contributed by atoms with Gasteiger partial charge in [-0.3, -0.25) is 9.36 Å². The van der Waals surface area contributed by atoms with Gasteiger partial charge in [-0.2, -0.15) is 0 Å². The highest BCUT2D eigenvalue weighted by Gasteiger charge is 2.23. The van der Waals surface area contributed by atoms with Gasteiger partial charge in [0.1, 0.15) is 13.2 Å². The Bertz CT molecular complexity index is 1040. The molecule has 8 nitrogen and oxygen atoms in total. The molecule has 3 unspecified atom stereocenters. The first-order chi connectivity index (χ1) is 28.0. The molecule has 58 heavy (non-hydrogen) atoms. The van der Waals surface area contributed by atoms with Gasteiger partial charge < -0.3 is 28.8 Å². The highest BCUT2D eigenvalue weighted by atomic mass is 31.2. The fraction of sp³-hybridized carbons (Fsp3) is 0.857. The number of carbonyl (C=O) groups excluding carboxylic acids is 1. The number of phosphoric acid groups is 1. The minimum atomic E-state index is -4.60. The minimum absolute atomic E-state index is 0.00647. The van der Waals surface area contributed by atoms with E-state index in [9.17, 15) is 19.4 Å². The normalized spacial score (nSPS) is 14.5. The highest BCUT2D eigenvalue weighted by molar-refractivity contribution is 7.45. The quantitative estimate of drug-likeness (QED) is 0.0274. The van der Waals surface area contributed by atoms with E-state index in [1.165, 1.54) is 161 Å². The zero-order chi connectivity index (χ0) is 42.8. The molecule has 3 atom stereocenters. The predicted molar refractivity (Wildman–Crippen MR) is 247 cm³/mol. The van der Waals surface area contributed by atoms with Crippen LogP contribution in [-0.2, 0) is 18.4 Å². The Labute approximate surface area is 359 Å². The number of amides is 1. The lowest BCUT2D eigenvalue weighted by Gasteiger charge is -2.29. The summed E-state index contributed by atoms with van der Waals surface area (Å²) >= 11 is 0. The summed E-state index contributed by atoms with van der Waals surface area (Å²) in [4.78, 5) is 25.3. The van der Waals surface area contributed by atoms with Crippen LogP contribution in [0.5, 0.6) is 0 Å². The second-order valence-corrected chi connectivity index (χ2v) is 19.2. The highest BCUT2D eigenvalue weighted by Crippen LogP contribution is 2.38. The van der Waals surface area contributed by atoms with Gasteiger partial charge in [-0.1, -0.05) is 192 Å². The van der Waals surface area contributed by atoms with Gasteiger partial charge in [0, 0.05) is 6.42 Å². The molecule has 0 aliphatic carbocycles. The monoisotopic (exact) mass is 839 g/mol. The molecule has 0 rings (SSSR count). The SMILES string of the molecule is CCCCCCCCCC/C=C\CCCCCCCCCCCC(=O)NC(COP(=O)([O-])OCC[N+](C)(C)C)C(O)/C=C/CC/C=C/CCCCCCCCCCC. The van der Waals surface area contributed by atoms with E-state index in [4.69, 9.17) is 9.05 Å². The third kappa shape index (κ3) is 42.8. The molecule has 1 amide bonds. The summed E-state index contributed by atoms with van der Waals surface area (Å²) in [5.41, 5.74) is 0. The minimum Gasteiger partial charge on any atom is -0.756 e. The first-order valence-corrected chi connectivity index (χ1v) is 25.8.